The number of fused-ring (bicyclic) bond motifs is 1. The van der Waals surface area contributed by atoms with E-state index in [1.807, 2.05) is 30.4 Å². The minimum absolute atomic E-state index is 0.313. The van der Waals surface area contributed by atoms with Crippen LogP contribution in [0.1, 0.15) is 22.2 Å². The molecule has 4 aromatic rings. The van der Waals surface area contributed by atoms with Gasteiger partial charge in [0, 0.05) is 55.4 Å². The van der Waals surface area contributed by atoms with Crippen molar-refractivity contribution < 1.29 is 14.3 Å². The smallest absolute Gasteiger partial charge is 0.341 e. The molecule has 0 amide bonds. The van der Waals surface area contributed by atoms with E-state index in [-0.39, 0.29) is 0 Å². The molecule has 5 rings (SSSR count). The van der Waals surface area contributed by atoms with Gasteiger partial charge in [-0.2, -0.15) is 0 Å². The van der Waals surface area contributed by atoms with E-state index in [9.17, 15) is 4.79 Å². The van der Waals surface area contributed by atoms with Crippen LogP contribution in [-0.2, 0) is 16.0 Å². The fourth-order valence-corrected chi connectivity index (χ4v) is 4.93. The summed E-state index contributed by atoms with van der Waals surface area (Å²) >= 11 is 1.67. The maximum absolute atomic E-state index is 11.9. The Morgan fingerprint density at radius 3 is 2.76 bits per heavy atom. The van der Waals surface area contributed by atoms with Crippen LogP contribution in [0.25, 0.3) is 21.6 Å². The highest BCUT2D eigenvalue weighted by Gasteiger charge is 2.21. The molecule has 0 unspecified atom stereocenters. The van der Waals surface area contributed by atoms with Gasteiger partial charge in [0.05, 0.1) is 42.1 Å². The lowest BCUT2D eigenvalue weighted by atomic mass is 10.3. The third-order valence-electron chi connectivity index (χ3n) is 5.46. The molecule has 0 aromatic carbocycles. The van der Waals surface area contributed by atoms with E-state index in [0.29, 0.717) is 43.7 Å². The maximum atomic E-state index is 11.9. The Labute approximate surface area is 200 Å². The monoisotopic (exact) mass is 479 g/mol. The van der Waals surface area contributed by atoms with Gasteiger partial charge in [-0.15, -0.1) is 11.3 Å². The fraction of sp³-hybridized carbons (Fsp3) is 0.348. The third kappa shape index (κ3) is 4.57. The summed E-state index contributed by atoms with van der Waals surface area (Å²) in [5.74, 6) is 1.75. The average molecular weight is 480 g/mol. The van der Waals surface area contributed by atoms with Gasteiger partial charge in [0.2, 0.25) is 5.95 Å². The molecule has 10 nitrogen and oxygen atoms in total. The molecular weight excluding hydrogens is 454 g/mol. The normalized spacial score (nSPS) is 13.9. The number of aromatic amines is 1. The summed E-state index contributed by atoms with van der Waals surface area (Å²) in [6, 6.07) is 4.08. The fourth-order valence-electron chi connectivity index (χ4n) is 3.77. The minimum Gasteiger partial charge on any atom is -0.462 e. The number of esters is 1. The molecule has 0 saturated carbocycles. The molecule has 0 spiro atoms. The predicted molar refractivity (Wildman–Crippen MR) is 130 cm³/mol. The van der Waals surface area contributed by atoms with E-state index in [2.05, 4.69) is 25.9 Å². The lowest BCUT2D eigenvalue weighted by molar-refractivity contribution is 0.0525. The molecule has 0 atom stereocenters. The Bertz CT molecular complexity index is 1270. The second-order valence-electron chi connectivity index (χ2n) is 7.85. The number of rotatable bonds is 7. The first kappa shape index (κ1) is 22.2. The Morgan fingerprint density at radius 1 is 1.26 bits per heavy atom. The van der Waals surface area contributed by atoms with Crippen molar-refractivity contribution in [1.82, 2.24) is 24.9 Å². The van der Waals surface area contributed by atoms with E-state index in [1.54, 1.807) is 18.3 Å². The van der Waals surface area contributed by atoms with E-state index >= 15 is 0 Å². The number of carbonyl (C=O) groups is 1. The highest BCUT2D eigenvalue weighted by Crippen LogP contribution is 2.35. The largest absolute Gasteiger partial charge is 0.462 e. The van der Waals surface area contributed by atoms with Crippen LogP contribution in [0.2, 0.25) is 0 Å². The SMILES string of the molecule is CCOC(=O)c1cnc(N(C)Cc2cc3nc(-c4cc[nH]c4)nc(N4CCOCC4)c3s2)nc1. The van der Waals surface area contributed by atoms with Crippen molar-refractivity contribution in [3.63, 3.8) is 0 Å². The number of hydrogen-bond acceptors (Lipinski definition) is 10. The van der Waals surface area contributed by atoms with Crippen molar-refractivity contribution in [3.8, 4) is 11.4 Å². The zero-order chi connectivity index (χ0) is 23.5. The summed E-state index contributed by atoms with van der Waals surface area (Å²) in [5.41, 5.74) is 2.21. The molecule has 1 saturated heterocycles. The molecule has 0 radical (unpaired) electrons. The van der Waals surface area contributed by atoms with Crippen LogP contribution in [0.3, 0.4) is 0 Å². The van der Waals surface area contributed by atoms with Gasteiger partial charge in [0.15, 0.2) is 11.6 Å². The summed E-state index contributed by atoms with van der Waals surface area (Å²) in [6.07, 6.45) is 6.76. The number of nitrogens with zero attached hydrogens (tertiary/aromatic N) is 6. The number of nitrogens with one attached hydrogen (secondary N) is 1. The summed E-state index contributed by atoms with van der Waals surface area (Å²) in [4.78, 5) is 38.7. The van der Waals surface area contributed by atoms with Gasteiger partial charge in [0.25, 0.3) is 0 Å². The van der Waals surface area contributed by atoms with Crippen LogP contribution in [0.4, 0.5) is 11.8 Å². The number of ether oxygens (including phenoxy) is 2. The van der Waals surface area contributed by atoms with Crippen molar-refractivity contribution in [2.45, 2.75) is 13.5 Å². The topological polar surface area (TPSA) is 109 Å². The van der Waals surface area contributed by atoms with Crippen LogP contribution in [0.15, 0.2) is 36.9 Å². The van der Waals surface area contributed by atoms with E-state index in [0.717, 1.165) is 39.6 Å². The van der Waals surface area contributed by atoms with Gasteiger partial charge in [-0.1, -0.05) is 0 Å². The third-order valence-corrected chi connectivity index (χ3v) is 6.56. The van der Waals surface area contributed by atoms with Crippen LogP contribution in [0.5, 0.6) is 0 Å². The van der Waals surface area contributed by atoms with E-state index in [4.69, 9.17) is 19.4 Å². The Kier molecular flexibility index (Phi) is 6.37. The summed E-state index contributed by atoms with van der Waals surface area (Å²) < 4.78 is 11.6. The van der Waals surface area contributed by atoms with Crippen molar-refractivity contribution in [3.05, 3.63) is 47.4 Å². The molecule has 1 N–H and O–H groups in total. The molecule has 1 fully saturated rings. The Hall–Kier alpha value is -3.57. The molecule has 4 aromatic heterocycles. The number of hydrogen-bond donors (Lipinski definition) is 1. The molecule has 1 aliphatic heterocycles. The standard InChI is InChI=1S/C23H25N7O3S/c1-3-33-22(31)16-12-25-23(26-13-16)29(2)14-17-10-18-19(34-17)21(30-6-8-32-9-7-30)28-20(27-18)15-4-5-24-11-15/h4-5,10-13,24H,3,6-9,14H2,1-2H3. The van der Waals surface area contributed by atoms with E-state index < -0.39 is 5.97 Å². The quantitative estimate of drug-likeness (QED) is 0.400. The second-order valence-corrected chi connectivity index (χ2v) is 8.98. The number of morpholine rings is 1. The zero-order valence-corrected chi connectivity index (χ0v) is 19.8. The number of thiophene rings is 1. The average Bonchev–Trinajstić information content (AvgIpc) is 3.54. The van der Waals surface area contributed by atoms with Gasteiger partial charge in [-0.3, -0.25) is 0 Å². The minimum atomic E-state index is -0.423. The molecule has 11 heteroatoms. The zero-order valence-electron chi connectivity index (χ0n) is 19.0. The molecule has 5 heterocycles. The molecular formula is C23H25N7O3S. The first-order chi connectivity index (χ1) is 16.6. The lowest BCUT2D eigenvalue weighted by Gasteiger charge is -2.28. The summed E-state index contributed by atoms with van der Waals surface area (Å²) in [5, 5.41) is 0. The van der Waals surface area contributed by atoms with Gasteiger partial charge < -0.3 is 24.3 Å². The summed E-state index contributed by atoms with van der Waals surface area (Å²) in [7, 11) is 1.92. The lowest BCUT2D eigenvalue weighted by Crippen LogP contribution is -2.36. The van der Waals surface area contributed by atoms with Gasteiger partial charge >= 0.3 is 5.97 Å². The van der Waals surface area contributed by atoms with Crippen molar-refractivity contribution in [2.24, 2.45) is 0 Å². The molecule has 34 heavy (non-hydrogen) atoms. The number of carbonyl (C=O) groups excluding carboxylic acids is 1. The van der Waals surface area contributed by atoms with Gasteiger partial charge in [-0.25, -0.2) is 24.7 Å². The van der Waals surface area contributed by atoms with Crippen molar-refractivity contribution in [2.75, 3.05) is 49.8 Å². The Balaban J connectivity index is 1.43. The predicted octanol–water partition coefficient (Wildman–Crippen LogP) is 3.13. The molecule has 0 aliphatic carbocycles. The van der Waals surface area contributed by atoms with Crippen LogP contribution in [0, 0.1) is 0 Å². The van der Waals surface area contributed by atoms with Crippen LogP contribution >= 0.6 is 11.3 Å². The van der Waals surface area contributed by atoms with Gasteiger partial charge in [0.1, 0.15) is 0 Å². The van der Waals surface area contributed by atoms with Crippen LogP contribution in [-0.4, -0.2) is 70.8 Å². The number of H-pyrrole nitrogens is 1. The first-order valence-corrected chi connectivity index (χ1v) is 11.9. The molecule has 1 aliphatic rings. The van der Waals surface area contributed by atoms with E-state index in [1.165, 1.54) is 12.4 Å². The molecule has 176 valence electrons. The number of aromatic nitrogens is 5. The summed E-state index contributed by atoms with van der Waals surface area (Å²) in [6.45, 7) is 5.65. The second kappa shape index (κ2) is 9.74. The van der Waals surface area contributed by atoms with Crippen molar-refractivity contribution in [1.29, 1.82) is 0 Å². The van der Waals surface area contributed by atoms with Crippen LogP contribution < -0.4 is 9.80 Å². The molecule has 0 bridgehead atoms. The van der Waals surface area contributed by atoms with Crippen molar-refractivity contribution >= 4 is 39.3 Å². The Morgan fingerprint density at radius 2 is 2.06 bits per heavy atom. The number of anilines is 2. The van der Waals surface area contributed by atoms with Gasteiger partial charge in [-0.05, 0) is 19.1 Å². The highest BCUT2D eigenvalue weighted by molar-refractivity contribution is 7.19. The first-order valence-electron chi connectivity index (χ1n) is 11.1. The maximum Gasteiger partial charge on any atom is 0.341 e. The highest BCUT2D eigenvalue weighted by atomic mass is 32.1.